The lowest BCUT2D eigenvalue weighted by molar-refractivity contribution is -0.138. The van der Waals surface area contributed by atoms with E-state index in [2.05, 4.69) is 0 Å². The van der Waals surface area contributed by atoms with Crippen LogP contribution in [0, 0.1) is 0 Å². The number of aliphatic carboxylic acids is 1. The number of carboxylic acid groups (broad SMARTS) is 1. The molecule has 58 valence electrons. The predicted molar refractivity (Wildman–Crippen MR) is 31.7 cm³/mol. The Morgan fingerprint density at radius 3 is 2.30 bits per heavy atom. The van der Waals surface area contributed by atoms with Gasteiger partial charge in [-0.2, -0.15) is 5.48 Å². The van der Waals surface area contributed by atoms with Gasteiger partial charge >= 0.3 is 5.97 Å². The lowest BCUT2D eigenvalue weighted by Crippen LogP contribution is -2.19. The van der Waals surface area contributed by atoms with Gasteiger partial charge in [0.15, 0.2) is 0 Å². The fraction of sp³-hybridized carbons (Fsp3) is 0.600. The highest BCUT2D eigenvalue weighted by Crippen LogP contribution is 1.88. The zero-order chi connectivity index (χ0) is 7.98. The predicted octanol–water partition coefficient (Wildman–Crippen LogP) is -0.601. The Morgan fingerprint density at radius 2 is 1.90 bits per heavy atom. The first-order chi connectivity index (χ1) is 4.66. The number of rotatable bonds is 5. The van der Waals surface area contributed by atoms with E-state index in [-0.39, 0.29) is 25.2 Å². The Kier molecular flexibility index (Phi) is 4.43. The summed E-state index contributed by atoms with van der Waals surface area (Å²) >= 11 is 0. The number of carboxylic acids is 1. The molecule has 0 aromatic carbocycles. The Balaban J connectivity index is 3.30. The van der Waals surface area contributed by atoms with Crippen LogP contribution in [0.25, 0.3) is 0 Å². The van der Waals surface area contributed by atoms with Crippen molar-refractivity contribution in [1.82, 2.24) is 5.48 Å². The van der Waals surface area contributed by atoms with Gasteiger partial charge in [0.25, 0.3) is 0 Å². The molecule has 0 radical (unpaired) electrons. The van der Waals surface area contributed by atoms with E-state index in [1.807, 2.05) is 0 Å². The van der Waals surface area contributed by atoms with Gasteiger partial charge in [0.2, 0.25) is 0 Å². The van der Waals surface area contributed by atoms with Crippen LogP contribution in [0.3, 0.4) is 0 Å². The van der Waals surface area contributed by atoms with Crippen molar-refractivity contribution >= 4 is 11.8 Å². The normalized spacial score (nSPS) is 9.30. The summed E-state index contributed by atoms with van der Waals surface area (Å²) in [6.45, 7) is -0.187. The number of hydrogen-bond donors (Lipinski definition) is 3. The Hall–Kier alpha value is -0.940. The summed E-state index contributed by atoms with van der Waals surface area (Å²) < 4.78 is 0. The molecule has 0 bridgehead atoms. The zero-order valence-electron chi connectivity index (χ0n) is 5.33. The van der Waals surface area contributed by atoms with Crippen LogP contribution in [0.2, 0.25) is 0 Å². The second-order valence-electron chi connectivity index (χ2n) is 1.77. The first-order valence-corrected chi connectivity index (χ1v) is 2.77. The molecule has 5 heteroatoms. The first kappa shape index (κ1) is 9.06. The van der Waals surface area contributed by atoms with Crippen LogP contribution >= 0.6 is 0 Å². The summed E-state index contributed by atoms with van der Waals surface area (Å²) in [5.41, 5.74) is 1.65. The summed E-state index contributed by atoms with van der Waals surface area (Å²) in [5.74, 6) is -1.32. The molecular weight excluding hydrogens is 138 g/mol. The number of Topliss-reactive ketones (excluding diaryl/α,β-unsaturated/α-hetero) is 1. The van der Waals surface area contributed by atoms with E-state index in [1.165, 1.54) is 0 Å². The van der Waals surface area contributed by atoms with E-state index < -0.39 is 5.97 Å². The largest absolute Gasteiger partial charge is 0.481 e. The standard InChI is InChI=1S/C5H9NO4/c7-4(3-6-10)1-2-5(8)9/h6,10H,1-3H2,(H,8,9). The van der Waals surface area contributed by atoms with Crippen molar-refractivity contribution in [3.63, 3.8) is 0 Å². The molecule has 10 heavy (non-hydrogen) atoms. The molecule has 0 aliphatic rings. The molecule has 0 aliphatic heterocycles. The number of carbonyl (C=O) groups is 2. The average molecular weight is 147 g/mol. The van der Waals surface area contributed by atoms with E-state index in [9.17, 15) is 9.59 Å². The van der Waals surface area contributed by atoms with Gasteiger partial charge in [-0.05, 0) is 0 Å². The minimum atomic E-state index is -1.01. The van der Waals surface area contributed by atoms with Crippen LogP contribution < -0.4 is 5.48 Å². The van der Waals surface area contributed by atoms with Gasteiger partial charge in [-0.1, -0.05) is 0 Å². The summed E-state index contributed by atoms with van der Waals surface area (Å²) in [7, 11) is 0. The summed E-state index contributed by atoms with van der Waals surface area (Å²) in [5, 5.41) is 16.1. The van der Waals surface area contributed by atoms with Crippen molar-refractivity contribution in [2.45, 2.75) is 12.8 Å². The summed E-state index contributed by atoms with van der Waals surface area (Å²) in [4.78, 5) is 20.3. The smallest absolute Gasteiger partial charge is 0.303 e. The molecule has 0 aromatic heterocycles. The van der Waals surface area contributed by atoms with Crippen molar-refractivity contribution in [1.29, 1.82) is 0 Å². The third-order valence-electron chi connectivity index (χ3n) is 0.894. The second kappa shape index (κ2) is 4.89. The molecule has 3 N–H and O–H groups in total. The fourth-order valence-corrected chi connectivity index (χ4v) is 0.423. The molecule has 0 saturated carbocycles. The maximum absolute atomic E-state index is 10.5. The van der Waals surface area contributed by atoms with Crippen molar-refractivity contribution in [2.24, 2.45) is 0 Å². The maximum atomic E-state index is 10.5. The van der Waals surface area contributed by atoms with Crippen LogP contribution in [-0.2, 0) is 9.59 Å². The Morgan fingerprint density at radius 1 is 1.30 bits per heavy atom. The zero-order valence-corrected chi connectivity index (χ0v) is 5.33. The second-order valence-corrected chi connectivity index (χ2v) is 1.77. The van der Waals surface area contributed by atoms with E-state index in [0.29, 0.717) is 0 Å². The molecule has 0 atom stereocenters. The molecule has 0 spiro atoms. The van der Waals surface area contributed by atoms with Crippen molar-refractivity contribution < 1.29 is 19.9 Å². The summed E-state index contributed by atoms with van der Waals surface area (Å²) in [6.07, 6.45) is -0.219. The third kappa shape index (κ3) is 5.20. The van der Waals surface area contributed by atoms with Gasteiger partial charge < -0.3 is 10.3 Å². The minimum absolute atomic E-state index is 0.0388. The van der Waals surface area contributed by atoms with Crippen molar-refractivity contribution in [3.8, 4) is 0 Å². The van der Waals surface area contributed by atoms with Gasteiger partial charge in [0.05, 0.1) is 13.0 Å². The quantitative estimate of drug-likeness (QED) is 0.452. The van der Waals surface area contributed by atoms with Crippen molar-refractivity contribution in [2.75, 3.05) is 6.54 Å². The maximum Gasteiger partial charge on any atom is 0.303 e. The summed E-state index contributed by atoms with van der Waals surface area (Å²) in [6, 6.07) is 0. The van der Waals surface area contributed by atoms with Crippen LogP contribution in [0.5, 0.6) is 0 Å². The first-order valence-electron chi connectivity index (χ1n) is 2.77. The molecule has 5 nitrogen and oxygen atoms in total. The van der Waals surface area contributed by atoms with Crippen molar-refractivity contribution in [3.05, 3.63) is 0 Å². The van der Waals surface area contributed by atoms with Crippen LogP contribution in [-0.4, -0.2) is 28.6 Å². The SMILES string of the molecule is O=C(O)CCC(=O)CNO. The molecule has 0 aliphatic carbocycles. The minimum Gasteiger partial charge on any atom is -0.481 e. The monoisotopic (exact) mass is 147 g/mol. The molecule has 0 heterocycles. The number of hydrogen-bond acceptors (Lipinski definition) is 4. The molecule has 0 unspecified atom stereocenters. The number of hydroxylamine groups is 1. The molecule has 0 fully saturated rings. The molecule has 0 saturated heterocycles. The van der Waals surface area contributed by atoms with Crippen LogP contribution in [0.4, 0.5) is 0 Å². The topological polar surface area (TPSA) is 86.6 Å². The Labute approximate surface area is 57.6 Å². The Bertz CT molecular complexity index is 134. The van der Waals surface area contributed by atoms with Gasteiger partial charge in [-0.3, -0.25) is 9.59 Å². The van der Waals surface area contributed by atoms with Gasteiger partial charge in [0, 0.05) is 6.42 Å². The number of ketones is 1. The lowest BCUT2D eigenvalue weighted by Gasteiger charge is -1.94. The number of carbonyl (C=O) groups excluding carboxylic acids is 1. The van der Waals surface area contributed by atoms with Crippen LogP contribution in [0.1, 0.15) is 12.8 Å². The highest BCUT2D eigenvalue weighted by Gasteiger charge is 2.03. The highest BCUT2D eigenvalue weighted by molar-refractivity contribution is 5.83. The highest BCUT2D eigenvalue weighted by atomic mass is 16.5. The molecule has 0 amide bonds. The van der Waals surface area contributed by atoms with Gasteiger partial charge in [-0.15, -0.1) is 0 Å². The fourth-order valence-electron chi connectivity index (χ4n) is 0.423. The average Bonchev–Trinajstić information content (AvgIpc) is 1.85. The number of nitrogens with one attached hydrogen (secondary N) is 1. The third-order valence-corrected chi connectivity index (χ3v) is 0.894. The van der Waals surface area contributed by atoms with Gasteiger partial charge in [-0.25, -0.2) is 0 Å². The lowest BCUT2D eigenvalue weighted by atomic mass is 10.2. The van der Waals surface area contributed by atoms with E-state index in [4.69, 9.17) is 10.3 Å². The van der Waals surface area contributed by atoms with E-state index in [1.54, 1.807) is 5.48 Å². The molecule has 0 rings (SSSR count). The van der Waals surface area contributed by atoms with Crippen LogP contribution in [0.15, 0.2) is 0 Å². The molecular formula is C5H9NO4. The molecule has 0 aromatic rings. The van der Waals surface area contributed by atoms with E-state index in [0.717, 1.165) is 0 Å². The van der Waals surface area contributed by atoms with E-state index >= 15 is 0 Å². The van der Waals surface area contributed by atoms with Gasteiger partial charge in [0.1, 0.15) is 5.78 Å².